The standard InChI is InChI=1S/C24H15Cl2N3O6/c1-34-18-6-3-15(4-7-18)24(31)35-22-9-2-14(11-19(22)26)10-16(13-27)23(30)28-20-8-5-17(25)12-21(20)29(32)33/h2-12H,1H3,(H,28,30)/b16-10-. The van der Waals surface area contributed by atoms with Crippen LogP contribution in [-0.4, -0.2) is 23.9 Å². The number of ether oxygens (including phenoxy) is 2. The van der Waals surface area contributed by atoms with Gasteiger partial charge in [0.2, 0.25) is 0 Å². The highest BCUT2D eigenvalue weighted by atomic mass is 35.5. The predicted octanol–water partition coefficient (Wildman–Crippen LogP) is 5.68. The number of hydrogen-bond acceptors (Lipinski definition) is 7. The zero-order valence-electron chi connectivity index (χ0n) is 18.0. The number of carbonyl (C=O) groups excluding carboxylic acids is 2. The number of halogens is 2. The van der Waals surface area contributed by atoms with E-state index in [1.165, 1.54) is 55.7 Å². The van der Waals surface area contributed by atoms with Crippen LogP contribution in [0.2, 0.25) is 10.0 Å². The summed E-state index contributed by atoms with van der Waals surface area (Å²) in [5.74, 6) is -0.855. The Bertz CT molecular complexity index is 1380. The Kier molecular flexibility index (Phi) is 8.04. The van der Waals surface area contributed by atoms with Crippen molar-refractivity contribution in [2.24, 2.45) is 0 Å². The van der Waals surface area contributed by atoms with Crippen LogP contribution < -0.4 is 14.8 Å². The van der Waals surface area contributed by atoms with Gasteiger partial charge in [0.05, 0.1) is 22.6 Å². The molecule has 0 saturated heterocycles. The maximum absolute atomic E-state index is 12.5. The minimum Gasteiger partial charge on any atom is -0.497 e. The number of nitro benzene ring substituents is 1. The van der Waals surface area contributed by atoms with Gasteiger partial charge in [-0.15, -0.1) is 0 Å². The maximum atomic E-state index is 12.5. The second-order valence-electron chi connectivity index (χ2n) is 6.85. The number of esters is 1. The fraction of sp³-hybridized carbons (Fsp3) is 0.0417. The van der Waals surface area contributed by atoms with Crippen LogP contribution in [0.15, 0.2) is 66.2 Å². The van der Waals surface area contributed by atoms with Crippen molar-refractivity contribution in [1.29, 1.82) is 5.26 Å². The lowest BCUT2D eigenvalue weighted by atomic mass is 10.1. The van der Waals surface area contributed by atoms with E-state index in [1.54, 1.807) is 18.2 Å². The van der Waals surface area contributed by atoms with Crippen molar-refractivity contribution in [3.8, 4) is 17.6 Å². The van der Waals surface area contributed by atoms with Crippen molar-refractivity contribution in [3.63, 3.8) is 0 Å². The summed E-state index contributed by atoms with van der Waals surface area (Å²) >= 11 is 12.0. The van der Waals surface area contributed by atoms with Gasteiger partial charge in [0.1, 0.15) is 28.8 Å². The molecule has 1 amide bonds. The minimum absolute atomic E-state index is 0.0617. The number of rotatable bonds is 7. The summed E-state index contributed by atoms with van der Waals surface area (Å²) in [6.45, 7) is 0. The number of nitriles is 1. The molecule has 0 aliphatic rings. The molecule has 0 fully saturated rings. The summed E-state index contributed by atoms with van der Waals surface area (Å²) in [4.78, 5) is 35.4. The molecule has 35 heavy (non-hydrogen) atoms. The minimum atomic E-state index is -0.871. The average molecular weight is 512 g/mol. The smallest absolute Gasteiger partial charge is 0.343 e. The van der Waals surface area contributed by atoms with Gasteiger partial charge in [-0.05, 0) is 60.2 Å². The molecule has 176 valence electrons. The largest absolute Gasteiger partial charge is 0.497 e. The highest BCUT2D eigenvalue weighted by Crippen LogP contribution is 2.29. The van der Waals surface area contributed by atoms with E-state index in [0.29, 0.717) is 11.3 Å². The first kappa shape index (κ1) is 25.2. The number of amides is 1. The van der Waals surface area contributed by atoms with Crippen molar-refractivity contribution < 1.29 is 24.0 Å². The van der Waals surface area contributed by atoms with Gasteiger partial charge in [-0.2, -0.15) is 5.26 Å². The molecule has 9 nitrogen and oxygen atoms in total. The lowest BCUT2D eigenvalue weighted by molar-refractivity contribution is -0.383. The number of nitrogens with one attached hydrogen (secondary N) is 1. The molecule has 3 rings (SSSR count). The molecule has 3 aromatic carbocycles. The SMILES string of the molecule is COc1ccc(C(=O)Oc2ccc(/C=C(/C#N)C(=O)Nc3ccc(Cl)cc3[N+](=O)[O-])cc2Cl)cc1. The topological polar surface area (TPSA) is 132 Å². The van der Waals surface area contributed by atoms with Gasteiger partial charge in [-0.25, -0.2) is 4.79 Å². The second-order valence-corrected chi connectivity index (χ2v) is 7.69. The van der Waals surface area contributed by atoms with Crippen LogP contribution in [0, 0.1) is 21.4 Å². The number of benzene rings is 3. The van der Waals surface area contributed by atoms with Crippen LogP contribution in [-0.2, 0) is 4.79 Å². The molecule has 0 atom stereocenters. The molecule has 0 bridgehead atoms. The van der Waals surface area contributed by atoms with Crippen LogP contribution in [0.1, 0.15) is 15.9 Å². The molecule has 0 aliphatic heterocycles. The Morgan fingerprint density at radius 2 is 1.80 bits per heavy atom. The van der Waals surface area contributed by atoms with Crippen LogP contribution in [0.3, 0.4) is 0 Å². The van der Waals surface area contributed by atoms with E-state index in [1.807, 2.05) is 0 Å². The van der Waals surface area contributed by atoms with Crippen LogP contribution >= 0.6 is 23.2 Å². The molecule has 0 saturated carbocycles. The molecule has 0 radical (unpaired) electrons. The molecule has 11 heteroatoms. The van der Waals surface area contributed by atoms with Gasteiger partial charge in [0, 0.05) is 11.1 Å². The number of carbonyl (C=O) groups is 2. The molecular weight excluding hydrogens is 497 g/mol. The lowest BCUT2D eigenvalue weighted by Crippen LogP contribution is -2.14. The van der Waals surface area contributed by atoms with Gasteiger partial charge in [-0.1, -0.05) is 29.3 Å². The van der Waals surface area contributed by atoms with E-state index in [0.717, 1.165) is 6.07 Å². The number of anilines is 1. The predicted molar refractivity (Wildman–Crippen MR) is 130 cm³/mol. The quantitative estimate of drug-likeness (QED) is 0.108. The monoisotopic (exact) mass is 511 g/mol. The third-order valence-corrected chi connectivity index (χ3v) is 5.10. The van der Waals surface area contributed by atoms with Crippen molar-refractivity contribution >= 4 is 52.5 Å². The highest BCUT2D eigenvalue weighted by molar-refractivity contribution is 6.32. The van der Waals surface area contributed by atoms with Gasteiger partial charge >= 0.3 is 5.97 Å². The molecule has 3 aromatic rings. The van der Waals surface area contributed by atoms with Gasteiger partial charge in [0.25, 0.3) is 11.6 Å². The Morgan fingerprint density at radius 3 is 2.40 bits per heavy atom. The molecule has 0 aliphatic carbocycles. The van der Waals surface area contributed by atoms with E-state index in [9.17, 15) is 25.0 Å². The summed E-state index contributed by atoms with van der Waals surface area (Å²) in [7, 11) is 1.51. The molecular formula is C24H15Cl2N3O6. The third-order valence-electron chi connectivity index (χ3n) is 4.57. The van der Waals surface area contributed by atoms with Crippen LogP contribution in [0.25, 0.3) is 6.08 Å². The summed E-state index contributed by atoms with van der Waals surface area (Å²) in [6.07, 6.45) is 1.23. The fourth-order valence-corrected chi connectivity index (χ4v) is 3.24. The number of nitrogens with zero attached hydrogens (tertiary/aromatic N) is 2. The van der Waals surface area contributed by atoms with Crippen molar-refractivity contribution in [2.75, 3.05) is 12.4 Å². The maximum Gasteiger partial charge on any atom is 0.343 e. The molecule has 0 heterocycles. The van der Waals surface area contributed by atoms with E-state index in [2.05, 4.69) is 5.32 Å². The first-order valence-corrected chi connectivity index (χ1v) is 10.5. The second kappa shape index (κ2) is 11.2. The molecule has 0 spiro atoms. The Hall–Kier alpha value is -4.39. The summed E-state index contributed by atoms with van der Waals surface area (Å²) in [5.41, 5.74) is -0.242. The Labute approximate surface area is 209 Å². The first-order valence-electron chi connectivity index (χ1n) is 9.74. The number of nitro groups is 1. The van der Waals surface area contributed by atoms with Gasteiger partial charge in [0.15, 0.2) is 0 Å². The molecule has 0 unspecified atom stereocenters. The van der Waals surface area contributed by atoms with E-state index < -0.39 is 22.5 Å². The van der Waals surface area contributed by atoms with E-state index >= 15 is 0 Å². The Balaban J connectivity index is 1.77. The molecule has 0 aromatic heterocycles. The van der Waals surface area contributed by atoms with Crippen LogP contribution in [0.4, 0.5) is 11.4 Å². The normalized spacial score (nSPS) is 10.7. The molecule has 1 N–H and O–H groups in total. The Morgan fingerprint density at radius 1 is 1.09 bits per heavy atom. The fourth-order valence-electron chi connectivity index (χ4n) is 2.84. The van der Waals surface area contributed by atoms with Crippen molar-refractivity contribution in [1.82, 2.24) is 0 Å². The summed E-state index contributed by atoms with van der Waals surface area (Å²) < 4.78 is 10.4. The first-order chi connectivity index (χ1) is 16.7. The third kappa shape index (κ3) is 6.35. The lowest BCUT2D eigenvalue weighted by Gasteiger charge is -2.08. The zero-order chi connectivity index (χ0) is 25.5. The van der Waals surface area contributed by atoms with E-state index in [-0.39, 0.29) is 32.6 Å². The number of methoxy groups -OCH3 is 1. The van der Waals surface area contributed by atoms with E-state index in [4.69, 9.17) is 32.7 Å². The average Bonchev–Trinajstić information content (AvgIpc) is 2.84. The summed E-state index contributed by atoms with van der Waals surface area (Å²) in [5, 5.41) is 23.1. The highest BCUT2D eigenvalue weighted by Gasteiger charge is 2.19. The zero-order valence-corrected chi connectivity index (χ0v) is 19.5. The van der Waals surface area contributed by atoms with Crippen molar-refractivity contribution in [2.45, 2.75) is 0 Å². The number of hydrogen-bond donors (Lipinski definition) is 1. The van der Waals surface area contributed by atoms with Crippen molar-refractivity contribution in [3.05, 3.63) is 97.5 Å². The van der Waals surface area contributed by atoms with Crippen LogP contribution in [0.5, 0.6) is 11.5 Å². The summed E-state index contributed by atoms with van der Waals surface area (Å²) in [6, 6.07) is 16.0. The van der Waals surface area contributed by atoms with Gasteiger partial charge < -0.3 is 14.8 Å². The van der Waals surface area contributed by atoms with Gasteiger partial charge in [-0.3, -0.25) is 14.9 Å².